The summed E-state index contributed by atoms with van der Waals surface area (Å²) in [5.74, 6) is -0.555. The lowest BCUT2D eigenvalue weighted by molar-refractivity contribution is -0.137. The molecule has 0 aliphatic heterocycles. The van der Waals surface area contributed by atoms with Gasteiger partial charge in [-0.2, -0.15) is 0 Å². The number of sulfonamides is 1. The SMILES string of the molecule is CC(C)(CO)C(O)C(=O)NCCc1ccc(S(N)(=O)=O)cc1. The van der Waals surface area contributed by atoms with E-state index in [2.05, 4.69) is 5.32 Å². The van der Waals surface area contributed by atoms with E-state index in [9.17, 15) is 18.3 Å². The second-order valence-corrected chi connectivity index (χ2v) is 7.34. The third kappa shape index (κ3) is 5.06. The zero-order chi connectivity index (χ0) is 17.0. The fourth-order valence-electron chi connectivity index (χ4n) is 1.71. The molecule has 0 fully saturated rings. The van der Waals surface area contributed by atoms with E-state index in [1.165, 1.54) is 12.1 Å². The standard InChI is InChI=1S/C14H22N2O5S/c1-14(2,9-17)12(18)13(19)16-8-7-10-3-5-11(6-4-10)22(15,20)21/h3-6,12,17-18H,7-9H2,1-2H3,(H,16,19)(H2,15,20,21). The number of amides is 1. The summed E-state index contributed by atoms with van der Waals surface area (Å²) in [6.07, 6.45) is -0.828. The molecule has 1 aromatic rings. The average molecular weight is 330 g/mol. The molecule has 8 heteroatoms. The lowest BCUT2D eigenvalue weighted by Gasteiger charge is -2.27. The normalized spacial score (nSPS) is 13.7. The van der Waals surface area contributed by atoms with Crippen molar-refractivity contribution in [2.75, 3.05) is 13.2 Å². The van der Waals surface area contributed by atoms with Crippen molar-refractivity contribution in [1.82, 2.24) is 5.32 Å². The molecule has 0 radical (unpaired) electrons. The van der Waals surface area contributed by atoms with E-state index in [0.29, 0.717) is 6.42 Å². The molecular formula is C14H22N2O5S. The minimum atomic E-state index is -3.71. The number of carbonyl (C=O) groups is 1. The molecule has 22 heavy (non-hydrogen) atoms. The first-order valence-corrected chi connectivity index (χ1v) is 8.31. The number of carbonyl (C=O) groups excluding carboxylic acids is 1. The predicted molar refractivity (Wildman–Crippen MR) is 81.4 cm³/mol. The van der Waals surface area contributed by atoms with Gasteiger partial charge < -0.3 is 15.5 Å². The maximum absolute atomic E-state index is 11.8. The maximum Gasteiger partial charge on any atom is 0.249 e. The third-order valence-electron chi connectivity index (χ3n) is 3.36. The first kappa shape index (κ1) is 18.6. The maximum atomic E-state index is 11.8. The zero-order valence-corrected chi connectivity index (χ0v) is 13.4. The lowest BCUT2D eigenvalue weighted by Crippen LogP contribution is -2.46. The Balaban J connectivity index is 2.53. The number of aliphatic hydroxyl groups is 2. The summed E-state index contributed by atoms with van der Waals surface area (Å²) >= 11 is 0. The van der Waals surface area contributed by atoms with Crippen molar-refractivity contribution in [3.63, 3.8) is 0 Å². The number of nitrogens with one attached hydrogen (secondary N) is 1. The minimum Gasteiger partial charge on any atom is -0.396 e. The molecule has 1 rings (SSSR count). The Morgan fingerprint density at radius 1 is 1.32 bits per heavy atom. The highest BCUT2D eigenvalue weighted by molar-refractivity contribution is 7.89. The Bertz CT molecular complexity index is 611. The number of benzene rings is 1. The molecule has 1 aromatic carbocycles. The Kier molecular flexibility index (Phi) is 6.07. The van der Waals surface area contributed by atoms with Gasteiger partial charge in [-0.1, -0.05) is 26.0 Å². The van der Waals surface area contributed by atoms with Crippen molar-refractivity contribution in [3.05, 3.63) is 29.8 Å². The van der Waals surface area contributed by atoms with Gasteiger partial charge in [-0.05, 0) is 24.1 Å². The molecule has 1 atom stereocenters. The number of primary sulfonamides is 1. The Morgan fingerprint density at radius 2 is 1.86 bits per heavy atom. The molecule has 0 heterocycles. The second-order valence-electron chi connectivity index (χ2n) is 5.78. The zero-order valence-electron chi connectivity index (χ0n) is 12.6. The van der Waals surface area contributed by atoms with Gasteiger partial charge in [0.15, 0.2) is 0 Å². The summed E-state index contributed by atoms with van der Waals surface area (Å²) in [7, 11) is -3.71. The van der Waals surface area contributed by atoms with E-state index < -0.39 is 27.4 Å². The molecule has 5 N–H and O–H groups in total. The molecule has 0 aliphatic carbocycles. The molecule has 0 aliphatic rings. The van der Waals surface area contributed by atoms with E-state index in [0.717, 1.165) is 5.56 Å². The van der Waals surface area contributed by atoms with Gasteiger partial charge in [0.25, 0.3) is 0 Å². The van der Waals surface area contributed by atoms with Crippen molar-refractivity contribution >= 4 is 15.9 Å². The van der Waals surface area contributed by atoms with E-state index in [-0.39, 0.29) is 18.0 Å². The van der Waals surface area contributed by atoms with Gasteiger partial charge in [-0.15, -0.1) is 0 Å². The van der Waals surface area contributed by atoms with Crippen LogP contribution in [0.15, 0.2) is 29.2 Å². The third-order valence-corrected chi connectivity index (χ3v) is 4.29. The number of rotatable bonds is 7. The van der Waals surface area contributed by atoms with Gasteiger partial charge in [-0.25, -0.2) is 13.6 Å². The molecule has 0 aromatic heterocycles. The topological polar surface area (TPSA) is 130 Å². The van der Waals surface area contributed by atoms with Crippen LogP contribution in [-0.4, -0.2) is 43.8 Å². The molecule has 1 amide bonds. The quantitative estimate of drug-likeness (QED) is 0.529. The molecule has 7 nitrogen and oxygen atoms in total. The molecule has 0 saturated heterocycles. The average Bonchev–Trinajstić information content (AvgIpc) is 2.45. The molecule has 1 unspecified atom stereocenters. The first-order chi connectivity index (χ1) is 10.1. The number of nitrogens with two attached hydrogens (primary N) is 1. The summed E-state index contributed by atoms with van der Waals surface area (Å²) in [6.45, 7) is 3.15. The van der Waals surface area contributed by atoms with Gasteiger partial charge in [0.1, 0.15) is 6.10 Å². The van der Waals surface area contributed by atoms with Crippen LogP contribution in [-0.2, 0) is 21.2 Å². The molecular weight excluding hydrogens is 308 g/mol. The van der Waals surface area contributed by atoms with Crippen LogP contribution in [0.4, 0.5) is 0 Å². The van der Waals surface area contributed by atoms with Crippen molar-refractivity contribution < 1.29 is 23.4 Å². The van der Waals surface area contributed by atoms with Crippen LogP contribution in [0.2, 0.25) is 0 Å². The Labute approximate surface area is 130 Å². The van der Waals surface area contributed by atoms with Gasteiger partial charge in [0.05, 0.1) is 11.5 Å². The lowest BCUT2D eigenvalue weighted by atomic mass is 9.87. The summed E-state index contributed by atoms with van der Waals surface area (Å²) in [5, 5.41) is 26.5. The van der Waals surface area contributed by atoms with Crippen LogP contribution >= 0.6 is 0 Å². The van der Waals surface area contributed by atoms with Gasteiger partial charge in [0, 0.05) is 12.0 Å². The summed E-state index contributed by atoms with van der Waals surface area (Å²) < 4.78 is 22.2. The highest BCUT2D eigenvalue weighted by Gasteiger charge is 2.32. The highest BCUT2D eigenvalue weighted by Crippen LogP contribution is 2.19. The minimum absolute atomic E-state index is 0.0282. The van der Waals surface area contributed by atoms with E-state index in [4.69, 9.17) is 10.2 Å². The smallest absolute Gasteiger partial charge is 0.249 e. The molecule has 0 bridgehead atoms. The molecule has 124 valence electrons. The number of aliphatic hydroxyl groups excluding tert-OH is 2. The van der Waals surface area contributed by atoms with E-state index in [1.54, 1.807) is 26.0 Å². The fraction of sp³-hybridized carbons (Fsp3) is 0.500. The summed E-state index contributed by atoms with van der Waals surface area (Å²) in [6, 6.07) is 6.02. The Hall–Kier alpha value is -1.48. The monoisotopic (exact) mass is 330 g/mol. The number of hydrogen-bond donors (Lipinski definition) is 4. The number of hydrogen-bond acceptors (Lipinski definition) is 5. The molecule has 0 saturated carbocycles. The van der Waals surface area contributed by atoms with Crippen LogP contribution < -0.4 is 10.5 Å². The first-order valence-electron chi connectivity index (χ1n) is 6.76. The predicted octanol–water partition coefficient (Wildman–Crippen LogP) is -0.628. The van der Waals surface area contributed by atoms with Crippen LogP contribution in [0.1, 0.15) is 19.4 Å². The van der Waals surface area contributed by atoms with E-state index in [1.807, 2.05) is 0 Å². The summed E-state index contributed by atoms with van der Waals surface area (Å²) in [4.78, 5) is 11.8. The van der Waals surface area contributed by atoms with Gasteiger partial charge in [0.2, 0.25) is 15.9 Å². The van der Waals surface area contributed by atoms with Crippen molar-refractivity contribution in [2.24, 2.45) is 10.6 Å². The van der Waals surface area contributed by atoms with Crippen molar-refractivity contribution in [1.29, 1.82) is 0 Å². The van der Waals surface area contributed by atoms with Crippen LogP contribution in [0.3, 0.4) is 0 Å². The van der Waals surface area contributed by atoms with Gasteiger partial charge >= 0.3 is 0 Å². The Morgan fingerprint density at radius 3 is 2.32 bits per heavy atom. The van der Waals surface area contributed by atoms with Crippen LogP contribution in [0.5, 0.6) is 0 Å². The van der Waals surface area contributed by atoms with Crippen molar-refractivity contribution in [2.45, 2.75) is 31.3 Å². The van der Waals surface area contributed by atoms with Crippen LogP contribution in [0, 0.1) is 5.41 Å². The van der Waals surface area contributed by atoms with Gasteiger partial charge in [-0.3, -0.25) is 4.79 Å². The second kappa shape index (κ2) is 7.19. The van der Waals surface area contributed by atoms with E-state index >= 15 is 0 Å². The fourth-order valence-corrected chi connectivity index (χ4v) is 2.23. The highest BCUT2D eigenvalue weighted by atomic mass is 32.2. The summed E-state index contributed by atoms with van der Waals surface area (Å²) in [5.41, 5.74) is -0.0927. The van der Waals surface area contributed by atoms with Crippen LogP contribution in [0.25, 0.3) is 0 Å². The molecule has 0 spiro atoms. The van der Waals surface area contributed by atoms with Crippen molar-refractivity contribution in [3.8, 4) is 0 Å². The largest absolute Gasteiger partial charge is 0.396 e.